The van der Waals surface area contributed by atoms with Crippen LogP contribution < -0.4 is 15.6 Å². The Morgan fingerprint density at radius 2 is 1.47 bits per heavy atom. The van der Waals surface area contributed by atoms with Crippen LogP contribution in [-0.4, -0.2) is 83.2 Å². The number of aryl methyl sites for hydroxylation is 1. The number of rotatable bonds is 8. The van der Waals surface area contributed by atoms with Crippen LogP contribution in [0.2, 0.25) is 0 Å². The number of nitrogens with one attached hydrogen (secondary N) is 2. The van der Waals surface area contributed by atoms with Crippen LogP contribution in [-0.2, 0) is 27.1 Å². The molecule has 2 aliphatic heterocycles. The lowest BCUT2D eigenvalue weighted by Crippen LogP contribution is -2.45. The Hall–Kier alpha value is -5.29. The van der Waals surface area contributed by atoms with Crippen LogP contribution in [0.3, 0.4) is 0 Å². The van der Waals surface area contributed by atoms with E-state index in [1.807, 2.05) is 4.90 Å². The van der Waals surface area contributed by atoms with Crippen molar-refractivity contribution in [3.63, 3.8) is 0 Å². The number of hydrogen-bond acceptors (Lipinski definition) is 7. The number of likely N-dealkylation sites (N-methyl/N-ethyl adjacent to an activating group) is 1. The van der Waals surface area contributed by atoms with E-state index in [0.29, 0.717) is 30.0 Å². The first kappa shape index (κ1) is 38.5. The van der Waals surface area contributed by atoms with Crippen molar-refractivity contribution in [1.29, 1.82) is 0 Å². The summed E-state index contributed by atoms with van der Waals surface area (Å²) >= 11 is 0. The van der Waals surface area contributed by atoms with Gasteiger partial charge in [0.1, 0.15) is 5.71 Å². The van der Waals surface area contributed by atoms with Gasteiger partial charge in [-0.2, -0.15) is 36.5 Å². The van der Waals surface area contributed by atoms with Gasteiger partial charge in [-0.05, 0) is 61.0 Å². The second kappa shape index (κ2) is 16.2. The van der Waals surface area contributed by atoms with Crippen LogP contribution in [0.4, 0.5) is 43.4 Å². The van der Waals surface area contributed by atoms with Gasteiger partial charge < -0.3 is 20.6 Å². The molecule has 2 heterocycles. The highest BCUT2D eigenvalue weighted by atomic mass is 19.4. The summed E-state index contributed by atoms with van der Waals surface area (Å²) in [5.74, 6) is -4.35. The van der Waals surface area contributed by atoms with Crippen LogP contribution in [0.1, 0.15) is 40.4 Å². The average molecular weight is 721 g/mol. The Bertz CT molecular complexity index is 1790. The zero-order valence-corrected chi connectivity index (χ0v) is 27.4. The van der Waals surface area contributed by atoms with E-state index >= 15 is 0 Å². The van der Waals surface area contributed by atoms with Gasteiger partial charge in [0.15, 0.2) is 0 Å². The van der Waals surface area contributed by atoms with Gasteiger partial charge >= 0.3 is 18.3 Å². The van der Waals surface area contributed by atoms with E-state index < -0.39 is 35.7 Å². The van der Waals surface area contributed by atoms with Crippen LogP contribution in [0, 0.1) is 6.92 Å². The highest BCUT2D eigenvalue weighted by Crippen LogP contribution is 2.35. The number of carboxylic acid groups (broad SMARTS) is 1. The van der Waals surface area contributed by atoms with Gasteiger partial charge in [-0.1, -0.05) is 37.3 Å². The fourth-order valence-corrected chi connectivity index (χ4v) is 5.18. The minimum Gasteiger partial charge on any atom is -0.475 e. The molecule has 272 valence electrons. The van der Waals surface area contributed by atoms with E-state index in [-0.39, 0.29) is 41.4 Å². The number of piperazine rings is 1. The van der Waals surface area contributed by atoms with Gasteiger partial charge in [0.05, 0.1) is 17.7 Å². The van der Waals surface area contributed by atoms with E-state index in [0.717, 1.165) is 25.7 Å². The third-order valence-corrected chi connectivity index (χ3v) is 8.01. The number of alkyl halides is 6. The number of halogens is 6. The zero-order chi connectivity index (χ0) is 37.5. The third kappa shape index (κ3) is 10.4. The van der Waals surface area contributed by atoms with Crippen molar-refractivity contribution in [3.8, 4) is 0 Å². The third-order valence-electron chi connectivity index (χ3n) is 8.01. The number of hydrazone groups is 1. The SMILES string of the molecule is CCN1CCN(Cc2ccc(NC(=O)c3ccc(C)c(NC(=O)C4=NN(c5ccccc5)C(=O)C4)c3)cc2C(F)(F)F)CC1.O=C(O)C(F)(F)F. The molecule has 3 amide bonds. The average Bonchev–Trinajstić information content (AvgIpc) is 3.48. The predicted octanol–water partition coefficient (Wildman–Crippen LogP) is 5.77. The van der Waals surface area contributed by atoms with Gasteiger partial charge in [-0.3, -0.25) is 19.3 Å². The minimum absolute atomic E-state index is 0.00728. The van der Waals surface area contributed by atoms with Crippen LogP contribution in [0.15, 0.2) is 71.8 Å². The number of hydrogen-bond donors (Lipinski definition) is 3. The number of nitrogens with zero attached hydrogens (tertiary/aromatic N) is 4. The number of carboxylic acids is 1. The molecule has 0 saturated carbocycles. The Morgan fingerprint density at radius 1 is 0.843 bits per heavy atom. The first-order valence-electron chi connectivity index (χ1n) is 15.6. The predicted molar refractivity (Wildman–Crippen MR) is 176 cm³/mol. The van der Waals surface area contributed by atoms with E-state index in [2.05, 4.69) is 27.6 Å². The maximum atomic E-state index is 14.0. The Morgan fingerprint density at radius 3 is 2.06 bits per heavy atom. The molecule has 0 aliphatic carbocycles. The summed E-state index contributed by atoms with van der Waals surface area (Å²) in [5.41, 5.74) is 1.00. The summed E-state index contributed by atoms with van der Waals surface area (Å²) in [6.45, 7) is 7.86. The molecular weight excluding hydrogens is 686 g/mol. The fraction of sp³-hybridized carbons (Fsp3) is 0.324. The summed E-state index contributed by atoms with van der Waals surface area (Å²) in [7, 11) is 0. The molecule has 0 bridgehead atoms. The molecule has 0 unspecified atom stereocenters. The molecule has 11 nitrogen and oxygen atoms in total. The summed E-state index contributed by atoms with van der Waals surface area (Å²) in [5, 5.41) is 17.7. The first-order chi connectivity index (χ1) is 24.0. The van der Waals surface area contributed by atoms with Crippen LogP contribution in [0.5, 0.6) is 0 Å². The van der Waals surface area contributed by atoms with Gasteiger partial charge in [-0.15, -0.1) is 0 Å². The van der Waals surface area contributed by atoms with Crippen LogP contribution in [0.25, 0.3) is 0 Å². The molecule has 0 atom stereocenters. The monoisotopic (exact) mass is 720 g/mol. The quantitative estimate of drug-likeness (QED) is 0.252. The molecule has 17 heteroatoms. The molecular formula is C34H34F6N6O5. The molecule has 5 rings (SSSR count). The molecule has 1 saturated heterocycles. The van der Waals surface area contributed by atoms with Gasteiger partial charge in [-0.25, -0.2) is 4.79 Å². The maximum Gasteiger partial charge on any atom is 0.490 e. The highest BCUT2D eigenvalue weighted by Gasteiger charge is 2.38. The number of benzene rings is 3. The number of carbonyl (C=O) groups excluding carboxylic acids is 3. The Labute approximate surface area is 288 Å². The number of anilines is 3. The topological polar surface area (TPSA) is 135 Å². The van der Waals surface area contributed by atoms with Crippen LogP contribution >= 0.6 is 0 Å². The summed E-state index contributed by atoms with van der Waals surface area (Å²) < 4.78 is 73.9. The van der Waals surface area contributed by atoms with Gasteiger partial charge in [0, 0.05) is 49.7 Å². The number of amides is 3. The van der Waals surface area contributed by atoms with Crippen molar-refractivity contribution in [2.24, 2.45) is 5.10 Å². The summed E-state index contributed by atoms with van der Waals surface area (Å²) in [6.07, 6.45) is -9.87. The minimum atomic E-state index is -5.08. The fourth-order valence-electron chi connectivity index (χ4n) is 5.18. The summed E-state index contributed by atoms with van der Waals surface area (Å²) in [6, 6.07) is 17.1. The molecule has 0 radical (unpaired) electrons. The molecule has 3 aromatic carbocycles. The largest absolute Gasteiger partial charge is 0.490 e. The van der Waals surface area contributed by atoms with E-state index in [4.69, 9.17) is 9.90 Å². The molecule has 0 spiro atoms. The lowest BCUT2D eigenvalue weighted by atomic mass is 10.0. The first-order valence-corrected chi connectivity index (χ1v) is 15.6. The Kier molecular flexibility index (Phi) is 12.2. The molecule has 0 aromatic heterocycles. The lowest BCUT2D eigenvalue weighted by Gasteiger charge is -2.34. The molecule has 3 N–H and O–H groups in total. The molecule has 1 fully saturated rings. The second-order valence-electron chi connectivity index (χ2n) is 11.6. The summed E-state index contributed by atoms with van der Waals surface area (Å²) in [4.78, 5) is 51.7. The van der Waals surface area contributed by atoms with Crippen molar-refractivity contribution in [2.45, 2.75) is 39.2 Å². The van der Waals surface area contributed by atoms with Gasteiger partial charge in [0.25, 0.3) is 17.7 Å². The van der Waals surface area contributed by atoms with Crippen molar-refractivity contribution in [2.75, 3.05) is 48.4 Å². The standard InChI is InChI=1S/C32H33F3N6O3.C2HF3O2/c1-3-39-13-15-40(16-14-39)20-23-11-12-24(18-26(23)32(33,34)35)36-30(43)22-10-9-21(2)27(17-22)37-31(44)28-19-29(42)41(38-28)25-7-5-4-6-8-25;3-2(4,5)1(6)7/h4-12,17-18H,3,13-16,19-20H2,1-2H3,(H,36,43)(H,37,44);(H,6,7). The normalized spacial score (nSPS) is 15.5. The number of para-hydroxylation sites is 1. The van der Waals surface area contributed by atoms with Gasteiger partial charge in [0.2, 0.25) is 0 Å². The van der Waals surface area contributed by atoms with Crippen molar-refractivity contribution >= 4 is 46.5 Å². The smallest absolute Gasteiger partial charge is 0.475 e. The zero-order valence-electron chi connectivity index (χ0n) is 27.4. The van der Waals surface area contributed by atoms with Crippen molar-refractivity contribution < 1.29 is 50.6 Å². The Balaban J connectivity index is 0.000000755. The van der Waals surface area contributed by atoms with Crippen molar-refractivity contribution in [1.82, 2.24) is 9.80 Å². The van der Waals surface area contributed by atoms with E-state index in [1.54, 1.807) is 43.3 Å². The van der Waals surface area contributed by atoms with E-state index in [9.17, 15) is 40.7 Å². The molecule has 2 aliphatic rings. The second-order valence-corrected chi connectivity index (χ2v) is 11.6. The van der Waals surface area contributed by atoms with Crippen molar-refractivity contribution in [3.05, 3.63) is 89.0 Å². The molecule has 3 aromatic rings. The lowest BCUT2D eigenvalue weighted by molar-refractivity contribution is -0.192. The molecule has 51 heavy (non-hydrogen) atoms. The number of carbonyl (C=O) groups is 4. The van der Waals surface area contributed by atoms with E-state index in [1.165, 1.54) is 29.3 Å². The maximum absolute atomic E-state index is 14.0. The highest BCUT2D eigenvalue weighted by molar-refractivity contribution is 6.48. The number of aliphatic carboxylic acids is 1.